The zero-order valence-corrected chi connectivity index (χ0v) is 13.8. The van der Waals surface area contributed by atoms with Crippen molar-refractivity contribution >= 4 is 18.3 Å². The van der Waals surface area contributed by atoms with Crippen LogP contribution in [0.2, 0.25) is 0 Å². The lowest BCUT2D eigenvalue weighted by Gasteiger charge is -2.32. The van der Waals surface area contributed by atoms with E-state index in [2.05, 4.69) is 0 Å². The Morgan fingerprint density at radius 3 is 2.04 bits per heavy atom. The Hall–Kier alpha value is -1.21. The summed E-state index contributed by atoms with van der Waals surface area (Å²) >= 11 is 0. The second-order valence-electron chi connectivity index (χ2n) is 7.43. The summed E-state index contributed by atoms with van der Waals surface area (Å²) in [5, 5.41) is 0. The normalized spacial score (nSPS) is 23.3. The Morgan fingerprint density at radius 2 is 1.61 bits per heavy atom. The zero-order chi connectivity index (χ0) is 17.2. The predicted octanol–water partition coefficient (Wildman–Crippen LogP) is 3.46. The Labute approximate surface area is 134 Å². The Morgan fingerprint density at radius 1 is 1.09 bits per heavy atom. The molecule has 0 bridgehead atoms. The van der Waals surface area contributed by atoms with E-state index in [0.717, 1.165) is 12.8 Å². The Kier molecular flexibility index (Phi) is 3.54. The average molecular weight is 327 g/mol. The summed E-state index contributed by atoms with van der Waals surface area (Å²) in [6.45, 7) is 7.26. The van der Waals surface area contributed by atoms with Crippen molar-refractivity contribution in [3.8, 4) is 0 Å². The number of rotatable bonds is 2. The van der Waals surface area contributed by atoms with Crippen LogP contribution in [0, 0.1) is 0 Å². The summed E-state index contributed by atoms with van der Waals surface area (Å²) in [5.74, 6) is -0.0729. The molecule has 1 heterocycles. The van der Waals surface area contributed by atoms with Gasteiger partial charge in [-0.25, -0.2) is 0 Å². The van der Waals surface area contributed by atoms with Crippen LogP contribution >= 0.6 is 0 Å². The van der Waals surface area contributed by atoms with Crippen LogP contribution in [-0.4, -0.2) is 18.3 Å². The smallest absolute Gasteiger partial charge is 0.399 e. The van der Waals surface area contributed by atoms with Crippen molar-refractivity contribution in [2.45, 2.75) is 63.8 Å². The molecule has 2 aliphatic rings. The summed E-state index contributed by atoms with van der Waals surface area (Å²) in [6, 6.07) is 2.77. The lowest BCUT2D eigenvalue weighted by molar-refractivity contribution is -0.137. The van der Waals surface area contributed by atoms with Crippen molar-refractivity contribution in [2.24, 2.45) is 0 Å². The minimum Gasteiger partial charge on any atom is -0.399 e. The summed E-state index contributed by atoms with van der Waals surface area (Å²) in [5.41, 5.74) is 4.37. The van der Waals surface area contributed by atoms with Crippen LogP contribution in [0.4, 0.5) is 18.9 Å². The van der Waals surface area contributed by atoms with Crippen LogP contribution < -0.4 is 11.2 Å². The largest absolute Gasteiger partial charge is 0.495 e. The molecule has 23 heavy (non-hydrogen) atoms. The minimum absolute atomic E-state index is 0.0157. The van der Waals surface area contributed by atoms with Gasteiger partial charge in [-0.3, -0.25) is 0 Å². The second-order valence-corrected chi connectivity index (χ2v) is 7.43. The lowest BCUT2D eigenvalue weighted by Crippen LogP contribution is -2.41. The number of benzene rings is 1. The first kappa shape index (κ1) is 16.6. The summed E-state index contributed by atoms with van der Waals surface area (Å²) in [6.07, 6.45) is -2.95. The van der Waals surface area contributed by atoms with E-state index in [-0.39, 0.29) is 16.9 Å². The molecule has 2 N–H and O–H groups in total. The highest BCUT2D eigenvalue weighted by atomic mass is 19.4. The molecule has 0 amide bonds. The van der Waals surface area contributed by atoms with E-state index >= 15 is 0 Å². The van der Waals surface area contributed by atoms with Gasteiger partial charge in [0, 0.05) is 5.69 Å². The number of hydrogen-bond donors (Lipinski definition) is 1. The van der Waals surface area contributed by atoms with Gasteiger partial charge in [0.05, 0.1) is 16.8 Å². The third-order valence-electron chi connectivity index (χ3n) is 5.03. The molecule has 1 aromatic rings. The van der Waals surface area contributed by atoms with Gasteiger partial charge >= 0.3 is 13.3 Å². The Bertz CT molecular complexity index is 623. The lowest BCUT2D eigenvalue weighted by atomic mass is 9.73. The first-order valence-corrected chi connectivity index (χ1v) is 7.78. The van der Waals surface area contributed by atoms with Crippen LogP contribution in [0.25, 0.3) is 0 Å². The molecule has 1 aliphatic heterocycles. The van der Waals surface area contributed by atoms with Crippen LogP contribution in [0.1, 0.15) is 57.6 Å². The van der Waals surface area contributed by atoms with E-state index < -0.39 is 30.1 Å². The molecule has 1 saturated heterocycles. The van der Waals surface area contributed by atoms with Crippen LogP contribution in [0.3, 0.4) is 0 Å². The molecular formula is C16H21BF3NO2. The molecule has 126 valence electrons. The maximum Gasteiger partial charge on any atom is 0.495 e. The second kappa shape index (κ2) is 4.90. The van der Waals surface area contributed by atoms with Gasteiger partial charge in [-0.1, -0.05) is 0 Å². The van der Waals surface area contributed by atoms with Gasteiger partial charge in [0.2, 0.25) is 0 Å². The predicted molar refractivity (Wildman–Crippen MR) is 83.5 cm³/mol. The van der Waals surface area contributed by atoms with E-state index in [1.165, 1.54) is 12.1 Å². The van der Waals surface area contributed by atoms with Gasteiger partial charge in [-0.05, 0) is 69.6 Å². The maximum absolute atomic E-state index is 13.7. The minimum atomic E-state index is -4.47. The van der Waals surface area contributed by atoms with Crippen molar-refractivity contribution < 1.29 is 22.5 Å². The first-order valence-electron chi connectivity index (χ1n) is 7.78. The van der Waals surface area contributed by atoms with Gasteiger partial charge in [-0.2, -0.15) is 13.2 Å². The number of nitrogens with two attached hydrogens (primary N) is 1. The van der Waals surface area contributed by atoms with Crippen LogP contribution in [0.5, 0.6) is 0 Å². The fourth-order valence-corrected chi connectivity index (χ4v) is 2.91. The molecule has 0 atom stereocenters. The highest BCUT2D eigenvalue weighted by Gasteiger charge is 2.54. The maximum atomic E-state index is 13.7. The van der Waals surface area contributed by atoms with Crippen molar-refractivity contribution in [1.29, 1.82) is 0 Å². The van der Waals surface area contributed by atoms with Crippen molar-refractivity contribution in [3.05, 3.63) is 23.3 Å². The number of nitrogen functional groups attached to an aromatic ring is 1. The van der Waals surface area contributed by atoms with Crippen molar-refractivity contribution in [3.63, 3.8) is 0 Å². The quantitative estimate of drug-likeness (QED) is 0.668. The SMILES string of the molecule is CC1(C)OB(c2cc(N)cc(C3CC3)c2C(F)(F)F)OC1(C)C. The van der Waals surface area contributed by atoms with Crippen molar-refractivity contribution in [2.75, 3.05) is 5.73 Å². The molecule has 1 aromatic carbocycles. The van der Waals surface area contributed by atoms with Crippen LogP contribution in [-0.2, 0) is 15.5 Å². The standard InChI is InChI=1S/C16H21BF3NO2/c1-14(2)15(3,4)23-17(22-14)12-8-10(21)7-11(9-5-6-9)13(12)16(18,19)20/h7-9H,5-6,21H2,1-4H3. The van der Waals surface area contributed by atoms with Gasteiger partial charge in [0.15, 0.2) is 0 Å². The van der Waals surface area contributed by atoms with Gasteiger partial charge in [0.1, 0.15) is 0 Å². The Balaban J connectivity index is 2.13. The molecule has 0 aromatic heterocycles. The topological polar surface area (TPSA) is 44.5 Å². The number of hydrogen-bond acceptors (Lipinski definition) is 3. The van der Waals surface area contributed by atoms with E-state index in [1.54, 1.807) is 0 Å². The zero-order valence-electron chi connectivity index (χ0n) is 13.8. The molecule has 1 aliphatic carbocycles. The third-order valence-corrected chi connectivity index (χ3v) is 5.03. The number of halogens is 3. The van der Waals surface area contributed by atoms with Gasteiger partial charge < -0.3 is 15.0 Å². The molecule has 1 saturated carbocycles. The van der Waals surface area contributed by atoms with E-state index in [4.69, 9.17) is 15.0 Å². The van der Waals surface area contributed by atoms with Gasteiger partial charge in [-0.15, -0.1) is 0 Å². The number of anilines is 1. The van der Waals surface area contributed by atoms with E-state index in [9.17, 15) is 13.2 Å². The average Bonchev–Trinajstić information content (AvgIpc) is 3.15. The van der Waals surface area contributed by atoms with Crippen molar-refractivity contribution in [1.82, 2.24) is 0 Å². The molecule has 3 rings (SSSR count). The fourth-order valence-electron chi connectivity index (χ4n) is 2.91. The molecule has 7 heteroatoms. The summed E-state index contributed by atoms with van der Waals surface area (Å²) in [4.78, 5) is 0. The van der Waals surface area contributed by atoms with E-state index in [1.807, 2.05) is 27.7 Å². The molecule has 2 fully saturated rings. The highest BCUT2D eigenvalue weighted by molar-refractivity contribution is 6.63. The first-order chi connectivity index (χ1) is 10.4. The van der Waals surface area contributed by atoms with Crippen LogP contribution in [0.15, 0.2) is 12.1 Å². The molecule has 3 nitrogen and oxygen atoms in total. The molecule has 0 radical (unpaired) electrons. The molecule has 0 spiro atoms. The number of alkyl halides is 3. The molecule has 0 unspecified atom stereocenters. The monoisotopic (exact) mass is 327 g/mol. The summed E-state index contributed by atoms with van der Waals surface area (Å²) in [7, 11) is -1.07. The fraction of sp³-hybridized carbons (Fsp3) is 0.625. The summed E-state index contributed by atoms with van der Waals surface area (Å²) < 4.78 is 52.8. The highest BCUT2D eigenvalue weighted by Crippen LogP contribution is 2.47. The third kappa shape index (κ3) is 2.85. The molecular weight excluding hydrogens is 306 g/mol. The van der Waals surface area contributed by atoms with E-state index in [0.29, 0.717) is 5.69 Å². The van der Waals surface area contributed by atoms with Gasteiger partial charge in [0.25, 0.3) is 0 Å².